The monoisotopic (exact) mass is 605 g/mol. The summed E-state index contributed by atoms with van der Waals surface area (Å²) in [5.41, 5.74) is 3.52. The van der Waals surface area contributed by atoms with Crippen molar-refractivity contribution >= 4 is 41.0 Å². The number of hydrogen-bond donors (Lipinski definition) is 6. The highest BCUT2D eigenvalue weighted by Gasteiger charge is 2.33. The molecule has 4 amide bonds. The number of anilines is 2. The molecule has 0 fully saturated rings. The molecule has 43 heavy (non-hydrogen) atoms. The van der Waals surface area contributed by atoms with E-state index in [1.807, 2.05) is 86.6 Å². The van der Waals surface area contributed by atoms with E-state index in [1.165, 1.54) is 11.8 Å². The fraction of sp³-hybridized carbons (Fsp3) is 0.344. The van der Waals surface area contributed by atoms with E-state index in [1.54, 1.807) is 11.9 Å². The molecule has 3 aromatic carbocycles. The van der Waals surface area contributed by atoms with Crippen molar-refractivity contribution in [2.24, 2.45) is 0 Å². The number of urea groups is 1. The third-order valence-corrected chi connectivity index (χ3v) is 8.25. The molecule has 0 bridgehead atoms. The van der Waals surface area contributed by atoms with Gasteiger partial charge in [0.15, 0.2) is 0 Å². The fourth-order valence-electron chi connectivity index (χ4n) is 4.79. The predicted molar refractivity (Wildman–Crippen MR) is 170 cm³/mol. The Labute approximate surface area is 256 Å². The molecule has 0 radical (unpaired) electrons. The van der Waals surface area contributed by atoms with Crippen molar-refractivity contribution < 1.29 is 24.6 Å². The van der Waals surface area contributed by atoms with E-state index in [0.29, 0.717) is 18.0 Å². The smallest absolute Gasteiger partial charge is 0.318 e. The maximum atomic E-state index is 13.9. The Morgan fingerprint density at radius 2 is 1.74 bits per heavy atom. The maximum Gasteiger partial charge on any atom is 0.318 e. The molecule has 0 unspecified atom stereocenters. The lowest BCUT2D eigenvalue weighted by Gasteiger charge is -2.29. The van der Waals surface area contributed by atoms with Crippen molar-refractivity contribution in [2.75, 3.05) is 36.2 Å². The average Bonchev–Trinajstić information content (AvgIpc) is 3.12. The van der Waals surface area contributed by atoms with Gasteiger partial charge in [-0.3, -0.25) is 9.59 Å². The van der Waals surface area contributed by atoms with Crippen LogP contribution in [0.5, 0.6) is 0 Å². The number of β-amino-alcohol motifs (C(OH)–C–C–N with tert-alkyl or cyclic N) is 1. The third kappa shape index (κ3) is 8.57. The largest absolute Gasteiger partial charge is 0.394 e. The van der Waals surface area contributed by atoms with Gasteiger partial charge in [0.2, 0.25) is 5.91 Å². The van der Waals surface area contributed by atoms with E-state index in [-0.39, 0.29) is 37.4 Å². The number of carbonyl (C=O) groups is 3. The molecule has 1 heterocycles. The second kappa shape index (κ2) is 14.5. The lowest BCUT2D eigenvalue weighted by atomic mass is 9.99. The highest BCUT2D eigenvalue weighted by Crippen LogP contribution is 2.35. The van der Waals surface area contributed by atoms with Gasteiger partial charge in [-0.25, -0.2) is 4.79 Å². The number of aliphatic hydroxyl groups excluding tert-OH is 2. The standard InChI is InChI=1S/C32H39N5O5S/c1-32(2,34-17-23(39)19-38)16-29(40)35-26-20-43-28-11-7-6-10-27(28)37(30(26)41)18-21-12-14-22(15-13-21)24-8-4-5-9-25(24)36-31(42)33-3/h4-15,23,26,34,38-39H,16-20H2,1-3H3,(H,35,40)(H2,33,36,42)/t23-,26+/m0/s1. The number of rotatable bonds is 11. The first kappa shape index (κ1) is 32.0. The number of amides is 4. The summed E-state index contributed by atoms with van der Waals surface area (Å²) in [6.45, 7) is 3.75. The number of aliphatic hydroxyl groups is 2. The maximum absolute atomic E-state index is 13.9. The number of para-hydroxylation sites is 2. The van der Waals surface area contributed by atoms with E-state index < -0.39 is 17.7 Å². The van der Waals surface area contributed by atoms with Crippen molar-refractivity contribution in [3.63, 3.8) is 0 Å². The van der Waals surface area contributed by atoms with Crippen LogP contribution in [0, 0.1) is 0 Å². The van der Waals surface area contributed by atoms with Crippen molar-refractivity contribution in [1.82, 2.24) is 16.0 Å². The second-order valence-corrected chi connectivity index (χ2v) is 12.1. The average molecular weight is 606 g/mol. The molecule has 228 valence electrons. The molecule has 2 atom stereocenters. The first-order valence-electron chi connectivity index (χ1n) is 14.1. The van der Waals surface area contributed by atoms with Gasteiger partial charge in [-0.05, 0) is 43.2 Å². The van der Waals surface area contributed by atoms with Crippen LogP contribution in [0.1, 0.15) is 25.8 Å². The van der Waals surface area contributed by atoms with Gasteiger partial charge in [0.25, 0.3) is 5.91 Å². The van der Waals surface area contributed by atoms with E-state index in [2.05, 4.69) is 21.3 Å². The zero-order chi connectivity index (χ0) is 31.0. The van der Waals surface area contributed by atoms with Crippen LogP contribution in [0.3, 0.4) is 0 Å². The van der Waals surface area contributed by atoms with Gasteiger partial charge >= 0.3 is 6.03 Å². The number of thioether (sulfide) groups is 1. The molecular formula is C32H39N5O5S. The van der Waals surface area contributed by atoms with E-state index in [0.717, 1.165) is 27.3 Å². The predicted octanol–water partition coefficient (Wildman–Crippen LogP) is 3.34. The minimum Gasteiger partial charge on any atom is -0.394 e. The number of nitrogens with zero attached hydrogens (tertiary/aromatic N) is 1. The molecule has 0 saturated heterocycles. The van der Waals surface area contributed by atoms with Crippen molar-refractivity contribution in [3.8, 4) is 11.1 Å². The summed E-state index contributed by atoms with van der Waals surface area (Å²) in [6, 6.07) is 22.1. The second-order valence-electron chi connectivity index (χ2n) is 11.0. The number of nitrogens with one attached hydrogen (secondary N) is 4. The van der Waals surface area contributed by atoms with Crippen molar-refractivity contribution in [2.45, 2.75) is 49.4 Å². The van der Waals surface area contributed by atoms with E-state index >= 15 is 0 Å². The normalized spacial score (nSPS) is 15.7. The molecule has 11 heteroatoms. The lowest BCUT2D eigenvalue weighted by Crippen LogP contribution is -2.52. The molecule has 0 spiro atoms. The fourth-order valence-corrected chi connectivity index (χ4v) is 5.86. The van der Waals surface area contributed by atoms with E-state index in [4.69, 9.17) is 5.11 Å². The molecule has 0 aliphatic carbocycles. The lowest BCUT2D eigenvalue weighted by molar-refractivity contribution is -0.128. The van der Waals surface area contributed by atoms with Crippen LogP contribution >= 0.6 is 11.8 Å². The van der Waals surface area contributed by atoms with Crippen LogP contribution in [0.2, 0.25) is 0 Å². The molecule has 6 N–H and O–H groups in total. The number of benzene rings is 3. The Morgan fingerprint density at radius 1 is 1.05 bits per heavy atom. The highest BCUT2D eigenvalue weighted by molar-refractivity contribution is 7.99. The van der Waals surface area contributed by atoms with Crippen LogP contribution in [0.25, 0.3) is 11.1 Å². The first-order valence-corrected chi connectivity index (χ1v) is 15.1. The van der Waals surface area contributed by atoms with Gasteiger partial charge < -0.3 is 36.4 Å². The summed E-state index contributed by atoms with van der Waals surface area (Å²) in [6.07, 6.45) is -0.832. The van der Waals surface area contributed by atoms with Crippen LogP contribution in [0.4, 0.5) is 16.2 Å². The van der Waals surface area contributed by atoms with Crippen LogP contribution in [-0.2, 0) is 16.1 Å². The Kier molecular flexibility index (Phi) is 10.8. The first-order chi connectivity index (χ1) is 20.6. The molecule has 1 aliphatic heterocycles. The van der Waals surface area contributed by atoms with Crippen molar-refractivity contribution in [1.29, 1.82) is 0 Å². The summed E-state index contributed by atoms with van der Waals surface area (Å²) < 4.78 is 0. The minimum absolute atomic E-state index is 0.0876. The molecule has 10 nitrogen and oxygen atoms in total. The van der Waals surface area contributed by atoms with Crippen LogP contribution in [0.15, 0.2) is 77.7 Å². The zero-order valence-electron chi connectivity index (χ0n) is 24.6. The minimum atomic E-state index is -0.919. The van der Waals surface area contributed by atoms with Gasteiger partial charge in [-0.2, -0.15) is 0 Å². The van der Waals surface area contributed by atoms with Gasteiger partial charge in [0.1, 0.15) is 6.04 Å². The van der Waals surface area contributed by atoms with Gasteiger partial charge in [0, 0.05) is 41.8 Å². The molecule has 3 aromatic rings. The Hall–Kier alpha value is -3.90. The van der Waals surface area contributed by atoms with Crippen molar-refractivity contribution in [3.05, 3.63) is 78.4 Å². The number of fused-ring (bicyclic) bond motifs is 1. The van der Waals surface area contributed by atoms with Gasteiger partial charge in [0.05, 0.1) is 30.6 Å². The summed E-state index contributed by atoms with van der Waals surface area (Å²) in [4.78, 5) is 41.6. The van der Waals surface area contributed by atoms with Crippen LogP contribution < -0.4 is 26.2 Å². The topological polar surface area (TPSA) is 143 Å². The number of carbonyl (C=O) groups excluding carboxylic acids is 3. The SMILES string of the molecule is CNC(=O)Nc1ccccc1-c1ccc(CN2C(=O)[C@H](NC(=O)CC(C)(C)NC[C@H](O)CO)CSc3ccccc32)cc1. The summed E-state index contributed by atoms with van der Waals surface area (Å²) in [7, 11) is 1.56. The summed E-state index contributed by atoms with van der Waals surface area (Å²) >= 11 is 1.53. The van der Waals surface area contributed by atoms with Crippen LogP contribution in [-0.4, -0.2) is 71.7 Å². The molecule has 4 rings (SSSR count). The quantitative estimate of drug-likeness (QED) is 0.197. The zero-order valence-corrected chi connectivity index (χ0v) is 25.4. The Bertz CT molecular complexity index is 1430. The Balaban J connectivity index is 1.51. The third-order valence-electron chi connectivity index (χ3n) is 7.10. The molecule has 0 aromatic heterocycles. The molecule has 0 saturated carbocycles. The number of hydrogen-bond acceptors (Lipinski definition) is 7. The Morgan fingerprint density at radius 3 is 2.47 bits per heavy atom. The summed E-state index contributed by atoms with van der Waals surface area (Å²) in [5, 5.41) is 30.2. The molecule has 1 aliphatic rings. The van der Waals surface area contributed by atoms with E-state index in [9.17, 15) is 19.5 Å². The van der Waals surface area contributed by atoms with Gasteiger partial charge in [-0.1, -0.05) is 54.6 Å². The highest BCUT2D eigenvalue weighted by atomic mass is 32.2. The summed E-state index contributed by atoms with van der Waals surface area (Å²) in [5.74, 6) is -0.0887. The molecular weight excluding hydrogens is 566 g/mol. The van der Waals surface area contributed by atoms with Gasteiger partial charge in [-0.15, -0.1) is 11.8 Å².